The summed E-state index contributed by atoms with van der Waals surface area (Å²) in [6.07, 6.45) is 0.595. The summed E-state index contributed by atoms with van der Waals surface area (Å²) >= 11 is 0. The molecule has 1 heterocycles. The highest BCUT2D eigenvalue weighted by Gasteiger charge is 2.15. The first-order valence-corrected chi connectivity index (χ1v) is 10.3. The first-order chi connectivity index (χ1) is 14.9. The van der Waals surface area contributed by atoms with Gasteiger partial charge in [0.05, 0.1) is 14.2 Å². The number of furan rings is 1. The summed E-state index contributed by atoms with van der Waals surface area (Å²) in [5.41, 5.74) is 3.13. The van der Waals surface area contributed by atoms with Crippen molar-refractivity contribution >= 4 is 5.91 Å². The third-order valence-corrected chi connectivity index (χ3v) is 5.06. The third-order valence-electron chi connectivity index (χ3n) is 5.06. The van der Waals surface area contributed by atoms with Crippen LogP contribution >= 0.6 is 0 Å². The van der Waals surface area contributed by atoms with Gasteiger partial charge >= 0.3 is 0 Å². The molecule has 3 rings (SSSR count). The van der Waals surface area contributed by atoms with Crippen molar-refractivity contribution < 1.29 is 23.4 Å². The van der Waals surface area contributed by atoms with Gasteiger partial charge in [0.25, 0.3) is 11.9 Å². The summed E-state index contributed by atoms with van der Waals surface area (Å²) in [7, 11) is 3.20. The minimum Gasteiger partial charge on any atom is -0.493 e. The van der Waals surface area contributed by atoms with E-state index in [4.69, 9.17) is 18.6 Å². The first kappa shape index (κ1) is 22.3. The SMILES string of the molecule is COc1cccc(CCNC(=O)c2ccc(Oc3cc(C(C)C)ccc3C)o2)c1OC. The zero-order valence-corrected chi connectivity index (χ0v) is 18.7. The number of para-hydroxylation sites is 1. The second kappa shape index (κ2) is 10.1. The molecule has 31 heavy (non-hydrogen) atoms. The number of rotatable bonds is 9. The lowest BCUT2D eigenvalue weighted by Gasteiger charge is -2.12. The topological polar surface area (TPSA) is 69.9 Å². The van der Waals surface area contributed by atoms with Crippen molar-refractivity contribution in [2.45, 2.75) is 33.1 Å². The highest BCUT2D eigenvalue weighted by molar-refractivity contribution is 5.91. The van der Waals surface area contributed by atoms with Gasteiger partial charge in [0.2, 0.25) is 0 Å². The molecule has 0 spiro atoms. The summed E-state index contributed by atoms with van der Waals surface area (Å²) in [4.78, 5) is 12.5. The number of nitrogens with one attached hydrogen (secondary N) is 1. The molecule has 0 fully saturated rings. The highest BCUT2D eigenvalue weighted by Crippen LogP contribution is 2.31. The van der Waals surface area contributed by atoms with Gasteiger partial charge in [-0.05, 0) is 54.2 Å². The van der Waals surface area contributed by atoms with Crippen molar-refractivity contribution in [3.8, 4) is 23.2 Å². The smallest absolute Gasteiger partial charge is 0.290 e. The number of ether oxygens (including phenoxy) is 3. The normalized spacial score (nSPS) is 10.8. The Bertz CT molecular complexity index is 1040. The fraction of sp³-hybridized carbons (Fsp3) is 0.320. The molecule has 0 atom stereocenters. The van der Waals surface area contributed by atoms with Gasteiger partial charge in [-0.2, -0.15) is 0 Å². The van der Waals surface area contributed by atoms with E-state index < -0.39 is 0 Å². The molecule has 1 amide bonds. The lowest BCUT2D eigenvalue weighted by Crippen LogP contribution is -2.25. The minimum absolute atomic E-state index is 0.199. The molecule has 0 saturated heterocycles. The zero-order chi connectivity index (χ0) is 22.4. The number of aryl methyl sites for hydroxylation is 1. The molecular weight excluding hydrogens is 394 g/mol. The predicted molar refractivity (Wildman–Crippen MR) is 120 cm³/mol. The molecule has 2 aromatic carbocycles. The van der Waals surface area contributed by atoms with Crippen molar-refractivity contribution in [1.29, 1.82) is 0 Å². The number of benzene rings is 2. The minimum atomic E-state index is -0.302. The van der Waals surface area contributed by atoms with Crippen LogP contribution in [0.5, 0.6) is 23.2 Å². The lowest BCUT2D eigenvalue weighted by molar-refractivity contribution is 0.0921. The Morgan fingerprint density at radius 3 is 2.55 bits per heavy atom. The molecule has 0 saturated carbocycles. The first-order valence-electron chi connectivity index (χ1n) is 10.3. The monoisotopic (exact) mass is 423 g/mol. The zero-order valence-electron chi connectivity index (χ0n) is 18.7. The highest BCUT2D eigenvalue weighted by atomic mass is 16.6. The Morgan fingerprint density at radius 2 is 1.84 bits per heavy atom. The van der Waals surface area contributed by atoms with Crippen LogP contribution in [-0.4, -0.2) is 26.7 Å². The van der Waals surface area contributed by atoms with Gasteiger partial charge in [0.15, 0.2) is 17.3 Å². The molecule has 3 aromatic rings. The van der Waals surface area contributed by atoms with E-state index in [1.807, 2.05) is 37.3 Å². The molecule has 0 unspecified atom stereocenters. The second-order valence-corrected chi connectivity index (χ2v) is 7.56. The van der Waals surface area contributed by atoms with Crippen molar-refractivity contribution in [2.75, 3.05) is 20.8 Å². The van der Waals surface area contributed by atoms with E-state index in [2.05, 4.69) is 25.2 Å². The van der Waals surface area contributed by atoms with E-state index in [0.29, 0.717) is 30.4 Å². The van der Waals surface area contributed by atoms with Crippen LogP contribution in [0.1, 0.15) is 47.0 Å². The third kappa shape index (κ3) is 5.40. The van der Waals surface area contributed by atoms with E-state index in [1.165, 1.54) is 5.56 Å². The van der Waals surface area contributed by atoms with Crippen LogP contribution in [0.25, 0.3) is 0 Å². The molecule has 6 heteroatoms. The Kier molecular flexibility index (Phi) is 7.23. The fourth-order valence-corrected chi connectivity index (χ4v) is 3.24. The maximum absolute atomic E-state index is 12.5. The van der Waals surface area contributed by atoms with Gasteiger partial charge in [-0.1, -0.05) is 38.1 Å². The quantitative estimate of drug-likeness (QED) is 0.493. The molecule has 1 N–H and O–H groups in total. The Morgan fingerprint density at radius 1 is 1.03 bits per heavy atom. The van der Waals surface area contributed by atoms with Gasteiger partial charge in [0, 0.05) is 12.6 Å². The maximum Gasteiger partial charge on any atom is 0.290 e. The van der Waals surface area contributed by atoms with Gasteiger partial charge < -0.3 is 23.9 Å². The van der Waals surface area contributed by atoms with Crippen LogP contribution in [0.15, 0.2) is 52.9 Å². The summed E-state index contributed by atoms with van der Waals surface area (Å²) in [5.74, 6) is 2.63. The molecule has 0 aliphatic heterocycles. The standard InChI is InChI=1S/C25H29NO5/c1-16(2)19-10-9-17(3)22(15-19)31-23-12-11-21(30-23)25(27)26-14-13-18-7-6-8-20(28-4)24(18)29-5/h6-12,15-16H,13-14H2,1-5H3,(H,26,27). The van der Waals surface area contributed by atoms with E-state index in [1.54, 1.807) is 26.4 Å². The average Bonchev–Trinajstić information content (AvgIpc) is 3.23. The van der Waals surface area contributed by atoms with Crippen molar-refractivity contribution in [1.82, 2.24) is 5.32 Å². The Hall–Kier alpha value is -3.41. The second-order valence-electron chi connectivity index (χ2n) is 7.56. The van der Waals surface area contributed by atoms with Gasteiger partial charge in [-0.15, -0.1) is 0 Å². The fourth-order valence-electron chi connectivity index (χ4n) is 3.24. The molecule has 1 aromatic heterocycles. The molecule has 0 radical (unpaired) electrons. The number of carbonyl (C=O) groups is 1. The molecule has 164 valence electrons. The lowest BCUT2D eigenvalue weighted by atomic mass is 10.0. The molecule has 0 aliphatic rings. The summed E-state index contributed by atoms with van der Waals surface area (Å²) in [5, 5.41) is 2.86. The molecular formula is C25H29NO5. The van der Waals surface area contributed by atoms with Crippen molar-refractivity contribution in [3.63, 3.8) is 0 Å². The van der Waals surface area contributed by atoms with Crippen LogP contribution in [-0.2, 0) is 6.42 Å². The van der Waals surface area contributed by atoms with Crippen LogP contribution in [0, 0.1) is 6.92 Å². The van der Waals surface area contributed by atoms with E-state index >= 15 is 0 Å². The molecule has 6 nitrogen and oxygen atoms in total. The summed E-state index contributed by atoms with van der Waals surface area (Å²) in [6, 6.07) is 15.1. The van der Waals surface area contributed by atoms with E-state index in [0.717, 1.165) is 16.9 Å². The Labute approximate surface area is 183 Å². The number of hydrogen-bond donors (Lipinski definition) is 1. The van der Waals surface area contributed by atoms with Crippen LogP contribution in [0.3, 0.4) is 0 Å². The predicted octanol–water partition coefficient (Wildman–Crippen LogP) is 5.49. The summed E-state index contributed by atoms with van der Waals surface area (Å²) < 4.78 is 22.2. The van der Waals surface area contributed by atoms with E-state index in [9.17, 15) is 4.79 Å². The van der Waals surface area contributed by atoms with Gasteiger partial charge in [-0.3, -0.25) is 4.79 Å². The number of carbonyl (C=O) groups excluding carboxylic acids is 1. The van der Waals surface area contributed by atoms with Crippen LogP contribution in [0.2, 0.25) is 0 Å². The number of amides is 1. The van der Waals surface area contributed by atoms with Crippen molar-refractivity contribution in [2.24, 2.45) is 0 Å². The molecule has 0 aliphatic carbocycles. The average molecular weight is 424 g/mol. The molecule has 0 bridgehead atoms. The van der Waals surface area contributed by atoms with Crippen molar-refractivity contribution in [3.05, 3.63) is 71.0 Å². The largest absolute Gasteiger partial charge is 0.493 e. The van der Waals surface area contributed by atoms with Crippen LogP contribution in [0.4, 0.5) is 0 Å². The number of methoxy groups -OCH3 is 2. The Balaban J connectivity index is 1.61. The summed E-state index contributed by atoms with van der Waals surface area (Å²) in [6.45, 7) is 6.66. The van der Waals surface area contributed by atoms with Crippen LogP contribution < -0.4 is 19.5 Å². The van der Waals surface area contributed by atoms with Gasteiger partial charge in [0.1, 0.15) is 5.75 Å². The maximum atomic E-state index is 12.5. The van der Waals surface area contributed by atoms with Gasteiger partial charge in [-0.25, -0.2) is 0 Å². The number of hydrogen-bond acceptors (Lipinski definition) is 5. The van der Waals surface area contributed by atoms with E-state index in [-0.39, 0.29) is 17.6 Å².